The molecule has 158 valence electrons. The molecule has 31 heavy (non-hydrogen) atoms. The Hall–Kier alpha value is -3.23. The number of nitrogens with zero attached hydrogens (tertiary/aromatic N) is 1. The van der Waals surface area contributed by atoms with Crippen molar-refractivity contribution in [3.8, 4) is 0 Å². The van der Waals surface area contributed by atoms with Gasteiger partial charge in [0.15, 0.2) is 0 Å². The largest absolute Gasteiger partial charge is 0.324 e. The van der Waals surface area contributed by atoms with Crippen molar-refractivity contribution in [1.29, 1.82) is 0 Å². The van der Waals surface area contributed by atoms with Crippen molar-refractivity contribution in [3.63, 3.8) is 0 Å². The van der Waals surface area contributed by atoms with Gasteiger partial charge >= 0.3 is 0 Å². The number of para-hydroxylation sites is 1. The van der Waals surface area contributed by atoms with Crippen molar-refractivity contribution in [1.82, 2.24) is 4.31 Å². The van der Waals surface area contributed by atoms with Gasteiger partial charge in [-0.25, -0.2) is 17.1 Å². The van der Waals surface area contributed by atoms with Gasteiger partial charge in [0, 0.05) is 0 Å². The first-order chi connectivity index (χ1) is 14.8. The van der Waals surface area contributed by atoms with Crippen LogP contribution in [-0.4, -0.2) is 24.5 Å². The van der Waals surface area contributed by atoms with Crippen molar-refractivity contribution in [3.05, 3.63) is 94.8 Å². The Labute approximate surface area is 183 Å². The van der Waals surface area contributed by atoms with Gasteiger partial charge in [0.1, 0.15) is 11.7 Å². The van der Waals surface area contributed by atoms with E-state index in [0.29, 0.717) is 9.87 Å². The van der Waals surface area contributed by atoms with Crippen LogP contribution < -0.4 is 5.32 Å². The fraction of sp³-hybridized carbons (Fsp3) is 0.0909. The Morgan fingerprint density at radius 3 is 2.42 bits per heavy atom. The molecule has 1 aliphatic rings. The molecule has 1 heterocycles. The van der Waals surface area contributed by atoms with Crippen molar-refractivity contribution >= 4 is 39.1 Å². The maximum atomic E-state index is 14.0. The minimum Gasteiger partial charge on any atom is -0.324 e. The zero-order valence-electron chi connectivity index (χ0n) is 16.0. The van der Waals surface area contributed by atoms with Crippen LogP contribution in [0.15, 0.2) is 77.7 Å². The number of halogens is 2. The highest BCUT2D eigenvalue weighted by molar-refractivity contribution is 7.89. The maximum Gasteiger partial charge on any atom is 0.267 e. The molecule has 1 N–H and O–H groups in total. The molecule has 9 heteroatoms. The van der Waals surface area contributed by atoms with Crippen molar-refractivity contribution in [2.24, 2.45) is 0 Å². The lowest BCUT2D eigenvalue weighted by Gasteiger charge is -2.33. The molecule has 4 rings (SSSR count). The van der Waals surface area contributed by atoms with Crippen LogP contribution in [-0.2, 0) is 26.2 Å². The molecule has 3 aromatic carbocycles. The number of carbonyl (C=O) groups excluding carboxylic acids is 2. The second-order valence-electron chi connectivity index (χ2n) is 6.92. The Kier molecular flexibility index (Phi) is 5.51. The van der Waals surface area contributed by atoms with E-state index >= 15 is 0 Å². The lowest BCUT2D eigenvalue weighted by molar-refractivity contribution is -0.133. The van der Waals surface area contributed by atoms with Gasteiger partial charge in [-0.2, -0.15) is 0 Å². The fourth-order valence-electron chi connectivity index (χ4n) is 3.43. The van der Waals surface area contributed by atoms with E-state index in [1.165, 1.54) is 0 Å². The minimum atomic E-state index is -4.28. The SMILES string of the molecule is O=C(Nc1ccccc1Cl)C1C(=O)N(Cc2ccccc2)S(=O)(=O)c2ccc(F)cc21. The number of carbonyl (C=O) groups is 2. The van der Waals surface area contributed by atoms with Crippen LogP contribution in [0, 0.1) is 5.82 Å². The summed E-state index contributed by atoms with van der Waals surface area (Å²) < 4.78 is 40.9. The number of anilines is 1. The molecular formula is C22H16ClFN2O4S. The normalized spacial score (nSPS) is 17.2. The van der Waals surface area contributed by atoms with Gasteiger partial charge in [0.2, 0.25) is 5.91 Å². The summed E-state index contributed by atoms with van der Waals surface area (Å²) in [5.74, 6) is -4.09. The molecule has 0 aromatic heterocycles. The fourth-order valence-corrected chi connectivity index (χ4v) is 5.22. The van der Waals surface area contributed by atoms with E-state index in [1.54, 1.807) is 54.6 Å². The summed E-state index contributed by atoms with van der Waals surface area (Å²) in [6.07, 6.45) is 0. The van der Waals surface area contributed by atoms with Gasteiger partial charge in [-0.15, -0.1) is 0 Å². The van der Waals surface area contributed by atoms with Crippen LogP contribution in [0.2, 0.25) is 5.02 Å². The Morgan fingerprint density at radius 1 is 1.03 bits per heavy atom. The number of hydrogen-bond acceptors (Lipinski definition) is 4. The number of rotatable bonds is 4. The van der Waals surface area contributed by atoms with Gasteiger partial charge in [0.25, 0.3) is 15.9 Å². The van der Waals surface area contributed by atoms with Gasteiger partial charge in [-0.1, -0.05) is 54.1 Å². The quantitative estimate of drug-likeness (QED) is 0.600. The predicted octanol–water partition coefficient (Wildman–Crippen LogP) is 3.93. The summed E-state index contributed by atoms with van der Waals surface area (Å²) in [7, 11) is -4.28. The molecule has 6 nitrogen and oxygen atoms in total. The standard InChI is InChI=1S/C22H16ClFN2O4S/c23-17-8-4-5-9-18(17)25-21(27)20-16-12-15(24)10-11-19(16)31(29,30)26(22(20)28)13-14-6-2-1-3-7-14/h1-12,20H,13H2,(H,25,27). The van der Waals surface area contributed by atoms with E-state index in [4.69, 9.17) is 11.6 Å². The van der Waals surface area contributed by atoms with Crippen LogP contribution in [0.3, 0.4) is 0 Å². The monoisotopic (exact) mass is 458 g/mol. The van der Waals surface area contributed by atoms with Crippen LogP contribution in [0.5, 0.6) is 0 Å². The average molecular weight is 459 g/mol. The summed E-state index contributed by atoms with van der Waals surface area (Å²) in [6.45, 7) is -0.255. The first-order valence-electron chi connectivity index (χ1n) is 9.24. The maximum absolute atomic E-state index is 14.0. The van der Waals surface area contributed by atoms with E-state index in [0.717, 1.165) is 18.2 Å². The molecule has 0 spiro atoms. The highest BCUT2D eigenvalue weighted by atomic mass is 35.5. The van der Waals surface area contributed by atoms with E-state index < -0.39 is 33.6 Å². The lowest BCUT2D eigenvalue weighted by atomic mass is 9.96. The van der Waals surface area contributed by atoms with Gasteiger partial charge in [-0.05, 0) is 41.5 Å². The van der Waals surface area contributed by atoms with Gasteiger partial charge in [-0.3, -0.25) is 9.59 Å². The topological polar surface area (TPSA) is 83.6 Å². The molecule has 0 fully saturated rings. The molecule has 1 unspecified atom stereocenters. The van der Waals surface area contributed by atoms with E-state index in [-0.39, 0.29) is 27.7 Å². The summed E-state index contributed by atoms with van der Waals surface area (Å²) in [6, 6.07) is 17.9. The molecule has 0 radical (unpaired) electrons. The predicted molar refractivity (Wildman–Crippen MR) is 113 cm³/mol. The molecule has 0 saturated heterocycles. The molecular weight excluding hydrogens is 443 g/mol. The van der Waals surface area contributed by atoms with Gasteiger partial charge < -0.3 is 5.32 Å². The average Bonchev–Trinajstić information content (AvgIpc) is 2.73. The Morgan fingerprint density at radius 2 is 1.71 bits per heavy atom. The minimum absolute atomic E-state index is 0.209. The number of hydrogen-bond donors (Lipinski definition) is 1. The molecule has 0 bridgehead atoms. The number of sulfonamides is 1. The first kappa shape index (κ1) is 21.0. The molecule has 2 amide bonds. The first-order valence-corrected chi connectivity index (χ1v) is 11.1. The summed E-state index contributed by atoms with van der Waals surface area (Å²) in [5.41, 5.74) is 0.608. The smallest absolute Gasteiger partial charge is 0.267 e. The van der Waals surface area contributed by atoms with Crippen LogP contribution >= 0.6 is 11.6 Å². The van der Waals surface area contributed by atoms with Crippen molar-refractivity contribution in [2.45, 2.75) is 17.4 Å². The zero-order valence-corrected chi connectivity index (χ0v) is 17.5. The van der Waals surface area contributed by atoms with Crippen LogP contribution in [0.4, 0.5) is 10.1 Å². The Balaban J connectivity index is 1.80. The van der Waals surface area contributed by atoms with E-state index in [2.05, 4.69) is 5.32 Å². The van der Waals surface area contributed by atoms with Crippen LogP contribution in [0.25, 0.3) is 0 Å². The van der Waals surface area contributed by atoms with Gasteiger partial charge in [0.05, 0.1) is 22.2 Å². The summed E-state index contributed by atoms with van der Waals surface area (Å²) >= 11 is 6.08. The number of amides is 2. The van der Waals surface area contributed by atoms with Crippen molar-refractivity contribution < 1.29 is 22.4 Å². The van der Waals surface area contributed by atoms with Crippen molar-refractivity contribution in [2.75, 3.05) is 5.32 Å². The highest BCUT2D eigenvalue weighted by Crippen LogP contribution is 2.37. The molecule has 1 atom stereocenters. The molecule has 0 aliphatic carbocycles. The van der Waals surface area contributed by atoms with Crippen LogP contribution in [0.1, 0.15) is 17.0 Å². The number of nitrogens with one attached hydrogen (secondary N) is 1. The van der Waals surface area contributed by atoms with E-state index in [9.17, 15) is 22.4 Å². The third-order valence-electron chi connectivity index (χ3n) is 4.91. The second-order valence-corrected chi connectivity index (χ2v) is 9.16. The Bertz CT molecular complexity index is 1280. The highest BCUT2D eigenvalue weighted by Gasteiger charge is 2.46. The van der Waals surface area contributed by atoms with E-state index in [1.807, 2.05) is 0 Å². The molecule has 1 aliphatic heterocycles. The number of benzene rings is 3. The molecule has 0 saturated carbocycles. The second kappa shape index (κ2) is 8.13. The molecule has 3 aromatic rings. The third kappa shape index (κ3) is 3.92. The number of fused-ring (bicyclic) bond motifs is 1. The lowest BCUT2D eigenvalue weighted by Crippen LogP contribution is -2.47. The summed E-state index contributed by atoms with van der Waals surface area (Å²) in [5, 5.41) is 2.79. The zero-order chi connectivity index (χ0) is 22.2. The third-order valence-corrected chi connectivity index (χ3v) is 7.05. The summed E-state index contributed by atoms with van der Waals surface area (Å²) in [4.78, 5) is 26.1.